The van der Waals surface area contributed by atoms with Crippen LogP contribution in [-0.2, 0) is 20.1 Å². The predicted octanol–water partition coefficient (Wildman–Crippen LogP) is 3.75. The van der Waals surface area contributed by atoms with Crippen LogP contribution >= 0.6 is 23.2 Å². The first-order valence-corrected chi connectivity index (χ1v) is 12.2. The summed E-state index contributed by atoms with van der Waals surface area (Å²) in [6, 6.07) is 7.00. The topological polar surface area (TPSA) is 110 Å². The van der Waals surface area contributed by atoms with Gasteiger partial charge < -0.3 is 4.74 Å². The molecule has 10 nitrogen and oxygen atoms in total. The van der Waals surface area contributed by atoms with Gasteiger partial charge in [0.25, 0.3) is 5.56 Å². The molecule has 5 aromatic rings. The number of rotatable bonds is 6. The smallest absolute Gasteiger partial charge is 0.332 e. The van der Waals surface area contributed by atoms with Gasteiger partial charge >= 0.3 is 5.69 Å². The number of methoxy groups -OCH3 is 1. The molecule has 14 heteroatoms. The van der Waals surface area contributed by atoms with Gasteiger partial charge in [0.15, 0.2) is 23.0 Å². The van der Waals surface area contributed by atoms with Crippen LogP contribution in [-0.4, -0.2) is 41.0 Å². The predicted molar refractivity (Wildman–Crippen MR) is 140 cm³/mol. The second-order valence-corrected chi connectivity index (χ2v) is 9.48. The van der Waals surface area contributed by atoms with Gasteiger partial charge in [0, 0.05) is 12.7 Å². The first-order valence-electron chi connectivity index (χ1n) is 11.4. The van der Waals surface area contributed by atoms with E-state index in [1.807, 2.05) is 0 Å². The largest absolute Gasteiger partial charge is 0.480 e. The highest BCUT2D eigenvalue weighted by atomic mass is 35.5. The fourth-order valence-corrected chi connectivity index (χ4v) is 4.58. The van der Waals surface area contributed by atoms with E-state index < -0.39 is 27.9 Å². The van der Waals surface area contributed by atoms with E-state index in [4.69, 9.17) is 27.9 Å². The molecule has 4 heterocycles. The first kappa shape index (κ1) is 26.4. The summed E-state index contributed by atoms with van der Waals surface area (Å²) in [6.45, 7) is 1.24. The average Bonchev–Trinajstić information content (AvgIpc) is 3.32. The van der Waals surface area contributed by atoms with E-state index in [0.29, 0.717) is 17.0 Å². The van der Waals surface area contributed by atoms with Crippen molar-refractivity contribution in [3.05, 3.63) is 96.3 Å². The summed E-state index contributed by atoms with van der Waals surface area (Å²) in [5.74, 6) is -2.14. The lowest BCUT2D eigenvalue weighted by Crippen LogP contribution is -2.41. The van der Waals surface area contributed by atoms with Crippen LogP contribution < -0.4 is 16.0 Å². The van der Waals surface area contributed by atoms with E-state index in [1.54, 1.807) is 26.1 Å². The lowest BCUT2D eigenvalue weighted by atomic mass is 10.1. The number of benzene rings is 1. The van der Waals surface area contributed by atoms with Crippen LogP contribution in [0.15, 0.2) is 46.2 Å². The Morgan fingerprint density at radius 1 is 1.00 bits per heavy atom. The zero-order valence-corrected chi connectivity index (χ0v) is 22.3. The number of fused-ring (bicyclic) bond motifs is 1. The van der Waals surface area contributed by atoms with Crippen molar-refractivity contribution in [2.75, 3.05) is 7.11 Å². The highest BCUT2D eigenvalue weighted by Crippen LogP contribution is 2.34. The number of aromatic nitrogens is 7. The number of halogens is 4. The van der Waals surface area contributed by atoms with Crippen molar-refractivity contribution in [3.63, 3.8) is 0 Å². The Kier molecular flexibility index (Phi) is 6.91. The maximum Gasteiger partial charge on any atom is 0.332 e. The zero-order valence-electron chi connectivity index (χ0n) is 20.7. The first-order chi connectivity index (χ1) is 18.6. The average molecular weight is 574 g/mol. The van der Waals surface area contributed by atoms with E-state index in [1.165, 1.54) is 34.8 Å². The summed E-state index contributed by atoms with van der Waals surface area (Å²) in [5, 5.41) is 3.97. The number of nitrogens with zero attached hydrogens (tertiary/aromatic N) is 7. The lowest BCUT2D eigenvalue weighted by Gasteiger charge is -2.16. The molecule has 0 amide bonds. The van der Waals surface area contributed by atoms with Crippen LogP contribution in [0.3, 0.4) is 0 Å². The third-order valence-electron chi connectivity index (χ3n) is 5.93. The van der Waals surface area contributed by atoms with E-state index >= 15 is 0 Å². The number of hydrogen-bond donors (Lipinski definition) is 0. The molecule has 0 unspecified atom stereocenters. The Labute approximate surface area is 229 Å². The summed E-state index contributed by atoms with van der Waals surface area (Å²) in [5.41, 5.74) is -0.0541. The Balaban J connectivity index is 1.82. The fraction of sp³-hybridized carbons (Fsp3) is 0.200. The molecule has 0 radical (unpaired) electrons. The summed E-state index contributed by atoms with van der Waals surface area (Å²) in [7, 11) is 3.01. The quantitative estimate of drug-likeness (QED) is 0.284. The van der Waals surface area contributed by atoms with Crippen LogP contribution in [0.4, 0.5) is 8.78 Å². The second kappa shape index (κ2) is 10.2. The van der Waals surface area contributed by atoms with Crippen molar-refractivity contribution in [2.45, 2.75) is 20.0 Å². The van der Waals surface area contributed by atoms with E-state index in [9.17, 15) is 18.4 Å². The maximum absolute atomic E-state index is 14.2. The molecular formula is C25H19Cl2F2N7O3. The van der Waals surface area contributed by atoms with Crippen molar-refractivity contribution >= 4 is 34.2 Å². The molecule has 0 aliphatic carbocycles. The fourth-order valence-electron chi connectivity index (χ4n) is 4.14. The Bertz CT molecular complexity index is 1860. The normalized spacial score (nSPS) is 11.4. The van der Waals surface area contributed by atoms with Crippen molar-refractivity contribution in [1.29, 1.82) is 0 Å². The molecule has 4 aromatic heterocycles. The lowest BCUT2D eigenvalue weighted by molar-refractivity contribution is 0.401. The number of ether oxygens (including phenoxy) is 1. The molecule has 0 aliphatic heterocycles. The van der Waals surface area contributed by atoms with Crippen molar-refractivity contribution in [2.24, 2.45) is 7.05 Å². The van der Waals surface area contributed by atoms with Crippen molar-refractivity contribution < 1.29 is 13.5 Å². The van der Waals surface area contributed by atoms with Crippen LogP contribution in [0.1, 0.15) is 17.1 Å². The van der Waals surface area contributed by atoms with Crippen LogP contribution in [0.5, 0.6) is 5.88 Å². The van der Waals surface area contributed by atoms with Gasteiger partial charge in [0.1, 0.15) is 6.33 Å². The van der Waals surface area contributed by atoms with Crippen molar-refractivity contribution in [3.8, 4) is 17.1 Å². The summed E-state index contributed by atoms with van der Waals surface area (Å²) < 4.78 is 37.0. The molecule has 1 aromatic carbocycles. The third kappa shape index (κ3) is 4.88. The van der Waals surface area contributed by atoms with Gasteiger partial charge in [-0.2, -0.15) is 5.10 Å². The van der Waals surface area contributed by atoms with E-state index in [2.05, 4.69) is 20.1 Å². The van der Waals surface area contributed by atoms with Gasteiger partial charge in [-0.3, -0.25) is 23.6 Å². The summed E-state index contributed by atoms with van der Waals surface area (Å²) in [6.07, 6.45) is 1.43. The van der Waals surface area contributed by atoms with E-state index in [0.717, 1.165) is 10.6 Å². The molecule has 39 heavy (non-hydrogen) atoms. The van der Waals surface area contributed by atoms with Gasteiger partial charge in [-0.25, -0.2) is 23.5 Å². The molecule has 0 saturated carbocycles. The number of pyridine rings is 2. The highest BCUT2D eigenvalue weighted by molar-refractivity contribution is 6.33. The van der Waals surface area contributed by atoms with Gasteiger partial charge in [-0.05, 0) is 42.8 Å². The minimum atomic E-state index is -1.21. The Morgan fingerprint density at radius 2 is 1.77 bits per heavy atom. The van der Waals surface area contributed by atoms with Gasteiger partial charge in [0.2, 0.25) is 5.88 Å². The summed E-state index contributed by atoms with van der Waals surface area (Å²) in [4.78, 5) is 40.3. The minimum absolute atomic E-state index is 0.0446. The van der Waals surface area contributed by atoms with Crippen LogP contribution in [0, 0.1) is 18.6 Å². The molecular weight excluding hydrogens is 555 g/mol. The van der Waals surface area contributed by atoms with Crippen molar-refractivity contribution in [1.82, 2.24) is 33.9 Å². The summed E-state index contributed by atoms with van der Waals surface area (Å²) >= 11 is 12.3. The second-order valence-electron chi connectivity index (χ2n) is 8.66. The molecule has 200 valence electrons. The molecule has 0 atom stereocenters. The molecule has 0 saturated heterocycles. The molecule has 0 aliphatic rings. The number of hydrogen-bond acceptors (Lipinski definition) is 7. The standard InChI is InChI=1S/C25H19Cl2F2N7O3/c1-12-4-5-15(26)21(31-12)14-8-18-22(32-23(14)39-3)24(37)36(10-19-30-11-34(2)33-19)25(38)35(18)9-13-6-16(27)20(29)17(28)7-13/h4-8,11H,9-10H2,1-3H3. The molecule has 0 N–H and O–H groups in total. The van der Waals surface area contributed by atoms with Crippen LogP contribution in [0.2, 0.25) is 10.0 Å². The highest BCUT2D eigenvalue weighted by Gasteiger charge is 2.22. The molecule has 5 rings (SSSR count). The zero-order chi connectivity index (χ0) is 28.0. The van der Waals surface area contributed by atoms with Crippen LogP contribution in [0.25, 0.3) is 22.3 Å². The van der Waals surface area contributed by atoms with E-state index in [-0.39, 0.29) is 46.4 Å². The maximum atomic E-state index is 14.2. The Hall–Kier alpha value is -4.16. The molecule has 0 fully saturated rings. The Morgan fingerprint density at radius 3 is 2.44 bits per heavy atom. The SMILES string of the molecule is COc1nc2c(=O)n(Cc3ncn(C)n3)c(=O)n(Cc3cc(F)c(F)c(Cl)c3)c2cc1-c1nc(C)ccc1Cl. The minimum Gasteiger partial charge on any atom is -0.480 e. The number of aryl methyl sites for hydroxylation is 2. The molecule has 0 bridgehead atoms. The van der Waals surface area contributed by atoms with Gasteiger partial charge in [-0.1, -0.05) is 23.2 Å². The molecule has 0 spiro atoms. The van der Waals surface area contributed by atoms with Gasteiger partial charge in [0.05, 0.1) is 47.0 Å². The van der Waals surface area contributed by atoms with Gasteiger partial charge in [-0.15, -0.1) is 0 Å². The monoisotopic (exact) mass is 573 g/mol. The third-order valence-corrected chi connectivity index (χ3v) is 6.51.